The summed E-state index contributed by atoms with van der Waals surface area (Å²) in [7, 11) is 1.31. The van der Waals surface area contributed by atoms with Gasteiger partial charge in [-0.05, 0) is 61.7 Å². The Morgan fingerprint density at radius 3 is 1.98 bits per heavy atom. The maximum absolute atomic E-state index is 11.2. The maximum Gasteiger partial charge on any atom is 0.187 e. The fraction of sp³-hybridized carbons (Fsp3) is 0.895. The summed E-state index contributed by atoms with van der Waals surface area (Å²) in [6, 6.07) is 0. The molecule has 20 atom stereocenters. The number of rotatable bonds is 10. The van der Waals surface area contributed by atoms with Crippen LogP contribution in [0.1, 0.15) is 66.7 Å². The first-order chi connectivity index (χ1) is 24.9. The summed E-state index contributed by atoms with van der Waals surface area (Å²) in [5.41, 5.74) is 0.187. The fourth-order valence-electron chi connectivity index (χ4n) is 10.4. The van der Waals surface area contributed by atoms with E-state index in [-0.39, 0.29) is 23.4 Å². The van der Waals surface area contributed by atoms with Crippen molar-refractivity contribution in [3.63, 3.8) is 0 Å². The van der Waals surface area contributed by atoms with Gasteiger partial charge in [0.05, 0.1) is 31.5 Å². The van der Waals surface area contributed by atoms with Crippen molar-refractivity contribution >= 4 is 0 Å². The summed E-state index contributed by atoms with van der Waals surface area (Å²) < 4.78 is 42.1. The summed E-state index contributed by atoms with van der Waals surface area (Å²) in [6.07, 6.45) is -9.89. The van der Waals surface area contributed by atoms with Crippen molar-refractivity contribution in [1.29, 1.82) is 0 Å². The van der Waals surface area contributed by atoms with E-state index in [1.54, 1.807) is 6.92 Å². The Balaban J connectivity index is 1.20. The van der Waals surface area contributed by atoms with Crippen LogP contribution in [0.2, 0.25) is 0 Å². The molecule has 0 unspecified atom stereocenters. The second kappa shape index (κ2) is 15.7. The van der Waals surface area contributed by atoms with Crippen molar-refractivity contribution in [2.24, 2.45) is 28.1 Å². The molecule has 6 aliphatic rings. The van der Waals surface area contributed by atoms with Gasteiger partial charge in [0, 0.05) is 12.5 Å². The highest BCUT2D eigenvalue weighted by Gasteiger charge is 2.61. The molecular formula is C38H62O15. The van der Waals surface area contributed by atoms with Crippen molar-refractivity contribution in [2.75, 3.05) is 20.3 Å². The third-order valence-electron chi connectivity index (χ3n) is 13.8. The molecule has 15 heteroatoms. The lowest BCUT2D eigenvalue weighted by Crippen LogP contribution is -2.61. The molecule has 3 aliphatic heterocycles. The lowest BCUT2D eigenvalue weighted by Gasteiger charge is -2.62. The Kier molecular flexibility index (Phi) is 12.3. The summed E-state index contributed by atoms with van der Waals surface area (Å²) in [4.78, 5) is 0. The van der Waals surface area contributed by atoms with E-state index in [0.29, 0.717) is 12.8 Å². The minimum Gasteiger partial charge on any atom is -0.394 e. The standard InChI is InChI=1S/C38H62O15/c1-8-37(5)14-18-9-10-22-36(3,4)23(11-12-38(22,6)19(18)13-24(37)52-33-29(45)28(44)25(41)17(2)48-33)51-35-32(27(43)21(16-40)50-35)53-34-30(46)31(47-7)26(42)20(15-39)49-34/h8,14,17,19-35,39-46H,1,9-13,15-16H2,2-7H3/t17-,19+,20-,21+,22+,23+,24+,25-,26-,27+,28+,29-,30-,31+,32-,33+,34+,35+,37+,38-/m0/s1. The monoisotopic (exact) mass is 758 g/mol. The minimum atomic E-state index is -1.46. The summed E-state index contributed by atoms with van der Waals surface area (Å²) in [5, 5.41) is 84.0. The first-order valence-corrected chi connectivity index (χ1v) is 19.1. The Morgan fingerprint density at radius 2 is 1.36 bits per heavy atom. The Morgan fingerprint density at radius 1 is 0.755 bits per heavy atom. The van der Waals surface area contributed by atoms with E-state index in [0.717, 1.165) is 19.3 Å². The van der Waals surface area contributed by atoms with E-state index < -0.39 is 116 Å². The van der Waals surface area contributed by atoms with Gasteiger partial charge in [0.1, 0.15) is 61.0 Å². The molecule has 3 saturated heterocycles. The van der Waals surface area contributed by atoms with Gasteiger partial charge in [-0.3, -0.25) is 0 Å². The van der Waals surface area contributed by atoms with E-state index in [1.807, 2.05) is 13.0 Å². The minimum absolute atomic E-state index is 0.126. The van der Waals surface area contributed by atoms with Gasteiger partial charge in [-0.2, -0.15) is 0 Å². The molecule has 6 rings (SSSR count). The zero-order valence-electron chi connectivity index (χ0n) is 31.6. The van der Waals surface area contributed by atoms with Crippen molar-refractivity contribution in [3.8, 4) is 0 Å². The fourth-order valence-corrected chi connectivity index (χ4v) is 10.4. The van der Waals surface area contributed by atoms with Crippen molar-refractivity contribution in [2.45, 2.75) is 165 Å². The molecule has 5 fully saturated rings. The van der Waals surface area contributed by atoms with E-state index in [2.05, 4.69) is 33.4 Å². The highest BCUT2D eigenvalue weighted by molar-refractivity contribution is 5.29. The molecule has 2 saturated carbocycles. The summed E-state index contributed by atoms with van der Waals surface area (Å²) in [5.74, 6) is 0.302. The van der Waals surface area contributed by atoms with Gasteiger partial charge < -0.3 is 74.0 Å². The number of methoxy groups -OCH3 is 1. The Hall–Kier alpha value is -1.12. The Bertz CT molecular complexity index is 1310. The second-order valence-electron chi connectivity index (χ2n) is 17.2. The average Bonchev–Trinajstić information content (AvgIpc) is 3.42. The van der Waals surface area contributed by atoms with Gasteiger partial charge in [-0.1, -0.05) is 45.4 Å². The van der Waals surface area contributed by atoms with E-state index in [9.17, 15) is 40.9 Å². The number of ether oxygens (including phenoxy) is 7. The molecule has 0 amide bonds. The van der Waals surface area contributed by atoms with Gasteiger partial charge in [0.25, 0.3) is 0 Å². The lowest BCUT2D eigenvalue weighted by atomic mass is 9.44. The van der Waals surface area contributed by atoms with E-state index >= 15 is 0 Å². The molecule has 0 radical (unpaired) electrons. The highest BCUT2D eigenvalue weighted by atomic mass is 16.8. The lowest BCUT2D eigenvalue weighted by molar-refractivity contribution is -0.334. The largest absolute Gasteiger partial charge is 0.394 e. The quantitative estimate of drug-likeness (QED) is 0.136. The summed E-state index contributed by atoms with van der Waals surface area (Å²) in [6.45, 7) is 13.4. The van der Waals surface area contributed by atoms with Gasteiger partial charge in [0.2, 0.25) is 0 Å². The zero-order chi connectivity index (χ0) is 38.8. The summed E-state index contributed by atoms with van der Waals surface area (Å²) >= 11 is 0. The van der Waals surface area contributed by atoms with Crippen LogP contribution >= 0.6 is 0 Å². The molecule has 8 N–H and O–H groups in total. The van der Waals surface area contributed by atoms with Gasteiger partial charge in [0.15, 0.2) is 18.9 Å². The first kappa shape index (κ1) is 41.5. The molecule has 0 aromatic carbocycles. The molecule has 0 aromatic rings. The van der Waals surface area contributed by atoms with E-state index in [4.69, 9.17) is 33.2 Å². The number of aliphatic hydroxyl groups is 8. The van der Waals surface area contributed by atoms with Crippen LogP contribution in [0.3, 0.4) is 0 Å². The van der Waals surface area contributed by atoms with Crippen LogP contribution in [0.25, 0.3) is 0 Å². The van der Waals surface area contributed by atoms with Crippen LogP contribution in [-0.2, 0) is 33.2 Å². The molecular weight excluding hydrogens is 696 g/mol. The second-order valence-corrected chi connectivity index (χ2v) is 17.2. The number of hydrogen-bond acceptors (Lipinski definition) is 15. The van der Waals surface area contributed by atoms with Crippen LogP contribution in [-0.4, -0.2) is 159 Å². The Labute approximate surface area is 311 Å². The van der Waals surface area contributed by atoms with E-state index in [1.165, 1.54) is 12.7 Å². The maximum atomic E-state index is 11.2. The van der Waals surface area contributed by atoms with Crippen molar-refractivity contribution < 1.29 is 74.0 Å². The van der Waals surface area contributed by atoms with Gasteiger partial charge in [-0.25, -0.2) is 0 Å². The molecule has 15 nitrogen and oxygen atoms in total. The SMILES string of the molecule is C=C[C@]1(C)C=C2CC[C@@H]3C(C)(C)[C@H](O[C@H]4O[C@H](CO)[C@@H](O)[C@@H]4O[C@H]4O[C@@H](CO)[C@H](O)[C@@H](OC)[C@@H]4O)CC[C@@]3(C)[C@@H]2C[C@H]1O[C@H]1O[C@@H](C)[C@H](O)[C@@H](O)[C@@H]1O. The topological polar surface area (TPSA) is 226 Å². The predicted octanol–water partition coefficient (Wildman–Crippen LogP) is -0.123. The smallest absolute Gasteiger partial charge is 0.187 e. The van der Waals surface area contributed by atoms with Gasteiger partial charge in [-0.15, -0.1) is 6.58 Å². The molecule has 304 valence electrons. The van der Waals surface area contributed by atoms with Crippen LogP contribution in [0.4, 0.5) is 0 Å². The van der Waals surface area contributed by atoms with Crippen LogP contribution < -0.4 is 0 Å². The van der Waals surface area contributed by atoms with Crippen LogP contribution in [0.5, 0.6) is 0 Å². The number of hydrogen-bond donors (Lipinski definition) is 8. The number of aliphatic hydroxyl groups excluding tert-OH is 8. The molecule has 3 aliphatic carbocycles. The van der Waals surface area contributed by atoms with Crippen LogP contribution in [0.15, 0.2) is 24.3 Å². The molecule has 53 heavy (non-hydrogen) atoms. The zero-order valence-corrected chi connectivity index (χ0v) is 31.6. The molecule has 0 aromatic heterocycles. The van der Waals surface area contributed by atoms with Crippen molar-refractivity contribution in [3.05, 3.63) is 24.3 Å². The van der Waals surface area contributed by atoms with Gasteiger partial charge >= 0.3 is 0 Å². The normalized spacial score (nSPS) is 52.7. The predicted molar refractivity (Wildman–Crippen MR) is 186 cm³/mol. The first-order valence-electron chi connectivity index (χ1n) is 19.1. The molecule has 0 spiro atoms. The highest BCUT2D eigenvalue weighted by Crippen LogP contribution is 2.65. The number of fused-ring (bicyclic) bond motifs is 3. The van der Waals surface area contributed by atoms with Crippen molar-refractivity contribution in [1.82, 2.24) is 0 Å². The molecule has 3 heterocycles. The third-order valence-corrected chi connectivity index (χ3v) is 13.8. The third kappa shape index (κ3) is 7.21. The number of allylic oxidation sites excluding steroid dienone is 1. The average molecular weight is 759 g/mol. The molecule has 0 bridgehead atoms. The van der Waals surface area contributed by atoms with Crippen LogP contribution in [0, 0.1) is 28.1 Å².